The SMILES string of the molecule is Cn1nccc1CCC(=O)CN. The van der Waals surface area contributed by atoms with E-state index in [2.05, 4.69) is 5.10 Å². The van der Waals surface area contributed by atoms with Gasteiger partial charge in [-0.2, -0.15) is 5.10 Å². The van der Waals surface area contributed by atoms with Crippen LogP contribution < -0.4 is 5.73 Å². The van der Waals surface area contributed by atoms with Gasteiger partial charge in [0, 0.05) is 25.4 Å². The Morgan fingerprint density at radius 3 is 3.00 bits per heavy atom. The Labute approximate surface area is 71.4 Å². The van der Waals surface area contributed by atoms with Crippen molar-refractivity contribution in [3.63, 3.8) is 0 Å². The molecule has 0 fully saturated rings. The molecule has 12 heavy (non-hydrogen) atoms. The van der Waals surface area contributed by atoms with Gasteiger partial charge in [0.1, 0.15) is 5.78 Å². The van der Waals surface area contributed by atoms with E-state index in [1.165, 1.54) is 0 Å². The molecule has 0 aliphatic heterocycles. The third-order valence-electron chi connectivity index (χ3n) is 1.81. The molecule has 0 radical (unpaired) electrons. The van der Waals surface area contributed by atoms with Crippen molar-refractivity contribution in [1.82, 2.24) is 9.78 Å². The van der Waals surface area contributed by atoms with E-state index in [9.17, 15) is 4.79 Å². The number of hydrogen-bond donors (Lipinski definition) is 1. The number of carbonyl (C=O) groups excluding carboxylic acids is 1. The maximum Gasteiger partial charge on any atom is 0.146 e. The highest BCUT2D eigenvalue weighted by Gasteiger charge is 2.02. The van der Waals surface area contributed by atoms with Gasteiger partial charge >= 0.3 is 0 Å². The standard InChI is InChI=1S/C8H13N3O/c1-11-7(4-5-10-11)2-3-8(12)6-9/h4-5H,2-3,6,9H2,1H3. The second-order valence-corrected chi connectivity index (χ2v) is 2.69. The minimum Gasteiger partial charge on any atom is -0.324 e. The lowest BCUT2D eigenvalue weighted by Gasteiger charge is -1.99. The molecule has 1 aromatic rings. The fourth-order valence-corrected chi connectivity index (χ4v) is 1.02. The Balaban J connectivity index is 2.43. The second kappa shape index (κ2) is 4.01. The average Bonchev–Trinajstić information content (AvgIpc) is 2.47. The number of nitrogens with two attached hydrogens (primary N) is 1. The molecule has 0 atom stereocenters. The normalized spacial score (nSPS) is 10.2. The van der Waals surface area contributed by atoms with Crippen LogP contribution in [0.5, 0.6) is 0 Å². The highest BCUT2D eigenvalue weighted by molar-refractivity contribution is 5.80. The fraction of sp³-hybridized carbons (Fsp3) is 0.500. The zero-order valence-electron chi connectivity index (χ0n) is 7.16. The molecule has 0 unspecified atom stereocenters. The average molecular weight is 167 g/mol. The number of carbonyl (C=O) groups is 1. The van der Waals surface area contributed by atoms with Crippen molar-refractivity contribution in [2.45, 2.75) is 12.8 Å². The van der Waals surface area contributed by atoms with Crippen LogP contribution >= 0.6 is 0 Å². The van der Waals surface area contributed by atoms with Crippen LogP contribution in [0.4, 0.5) is 0 Å². The van der Waals surface area contributed by atoms with Crippen LogP contribution in [0, 0.1) is 0 Å². The molecule has 0 aromatic carbocycles. The molecule has 0 saturated carbocycles. The summed E-state index contributed by atoms with van der Waals surface area (Å²) < 4.78 is 1.77. The van der Waals surface area contributed by atoms with Crippen LogP contribution in [0.1, 0.15) is 12.1 Å². The molecule has 0 aliphatic rings. The van der Waals surface area contributed by atoms with Gasteiger partial charge < -0.3 is 5.73 Å². The monoisotopic (exact) mass is 167 g/mol. The van der Waals surface area contributed by atoms with Gasteiger partial charge in [0.15, 0.2) is 0 Å². The first-order valence-electron chi connectivity index (χ1n) is 3.92. The van der Waals surface area contributed by atoms with Crippen molar-refractivity contribution in [3.8, 4) is 0 Å². The Kier molecular flexibility index (Phi) is 2.99. The maximum atomic E-state index is 10.9. The minimum atomic E-state index is 0.0937. The molecule has 0 spiro atoms. The smallest absolute Gasteiger partial charge is 0.146 e. The number of Topliss-reactive ketones (excluding diaryl/α,β-unsaturated/α-hetero) is 1. The van der Waals surface area contributed by atoms with E-state index in [0.717, 1.165) is 12.1 Å². The summed E-state index contributed by atoms with van der Waals surface area (Å²) in [7, 11) is 1.86. The third-order valence-corrected chi connectivity index (χ3v) is 1.81. The van der Waals surface area contributed by atoms with Gasteiger partial charge in [0.2, 0.25) is 0 Å². The van der Waals surface area contributed by atoms with E-state index < -0.39 is 0 Å². The van der Waals surface area contributed by atoms with Gasteiger partial charge in [-0.25, -0.2) is 0 Å². The molecule has 0 bridgehead atoms. The molecule has 1 heterocycles. The number of rotatable bonds is 4. The number of hydrogen-bond acceptors (Lipinski definition) is 3. The highest BCUT2D eigenvalue weighted by Crippen LogP contribution is 2.00. The van der Waals surface area contributed by atoms with Gasteiger partial charge in [0.05, 0.1) is 6.54 Å². The van der Waals surface area contributed by atoms with E-state index in [1.807, 2.05) is 13.1 Å². The van der Waals surface area contributed by atoms with Crippen molar-refractivity contribution >= 4 is 5.78 Å². The molecule has 4 heteroatoms. The van der Waals surface area contributed by atoms with E-state index in [1.54, 1.807) is 10.9 Å². The molecule has 2 N–H and O–H groups in total. The molecule has 0 saturated heterocycles. The van der Waals surface area contributed by atoms with E-state index >= 15 is 0 Å². The summed E-state index contributed by atoms with van der Waals surface area (Å²) in [6, 6.07) is 1.91. The predicted octanol–water partition coefficient (Wildman–Crippen LogP) is -0.119. The summed E-state index contributed by atoms with van der Waals surface area (Å²) in [5.41, 5.74) is 6.24. The summed E-state index contributed by atoms with van der Waals surface area (Å²) in [6.07, 6.45) is 2.96. The molecule has 4 nitrogen and oxygen atoms in total. The van der Waals surface area contributed by atoms with Gasteiger partial charge in [-0.3, -0.25) is 9.48 Å². The Morgan fingerprint density at radius 2 is 2.50 bits per heavy atom. The van der Waals surface area contributed by atoms with Gasteiger partial charge in [-0.05, 0) is 12.5 Å². The zero-order chi connectivity index (χ0) is 8.97. The number of ketones is 1. The number of aryl methyl sites for hydroxylation is 2. The summed E-state index contributed by atoms with van der Waals surface area (Å²) >= 11 is 0. The van der Waals surface area contributed by atoms with Gasteiger partial charge in [0.25, 0.3) is 0 Å². The summed E-state index contributed by atoms with van der Waals surface area (Å²) in [6.45, 7) is 0.137. The van der Waals surface area contributed by atoms with Crippen LogP contribution in [-0.2, 0) is 18.3 Å². The molecular formula is C8H13N3O. The maximum absolute atomic E-state index is 10.9. The van der Waals surface area contributed by atoms with E-state index in [0.29, 0.717) is 6.42 Å². The van der Waals surface area contributed by atoms with Crippen molar-refractivity contribution in [1.29, 1.82) is 0 Å². The van der Waals surface area contributed by atoms with Crippen LogP contribution in [0.15, 0.2) is 12.3 Å². The Hall–Kier alpha value is -1.16. The van der Waals surface area contributed by atoms with Gasteiger partial charge in [-0.15, -0.1) is 0 Å². The number of nitrogens with zero attached hydrogens (tertiary/aromatic N) is 2. The Bertz CT molecular complexity index is 267. The lowest BCUT2D eigenvalue weighted by molar-refractivity contribution is -0.117. The van der Waals surface area contributed by atoms with Crippen LogP contribution in [0.25, 0.3) is 0 Å². The molecule has 66 valence electrons. The van der Waals surface area contributed by atoms with E-state index in [4.69, 9.17) is 5.73 Å². The molecular weight excluding hydrogens is 154 g/mol. The largest absolute Gasteiger partial charge is 0.324 e. The second-order valence-electron chi connectivity index (χ2n) is 2.69. The molecule has 0 aliphatic carbocycles. The Morgan fingerprint density at radius 1 is 1.75 bits per heavy atom. The topological polar surface area (TPSA) is 60.9 Å². The lowest BCUT2D eigenvalue weighted by atomic mass is 10.2. The highest BCUT2D eigenvalue weighted by atomic mass is 16.1. The van der Waals surface area contributed by atoms with Crippen LogP contribution in [-0.4, -0.2) is 22.1 Å². The quantitative estimate of drug-likeness (QED) is 0.680. The summed E-state index contributed by atoms with van der Waals surface area (Å²) in [5, 5.41) is 3.99. The first kappa shape index (κ1) is 8.93. The fourth-order valence-electron chi connectivity index (χ4n) is 1.02. The van der Waals surface area contributed by atoms with Crippen LogP contribution in [0.2, 0.25) is 0 Å². The number of aromatic nitrogens is 2. The summed E-state index contributed by atoms with van der Waals surface area (Å²) in [5.74, 6) is 0.0937. The molecule has 0 amide bonds. The van der Waals surface area contributed by atoms with Crippen LogP contribution in [0.3, 0.4) is 0 Å². The third kappa shape index (κ3) is 2.17. The van der Waals surface area contributed by atoms with Gasteiger partial charge in [-0.1, -0.05) is 0 Å². The summed E-state index contributed by atoms with van der Waals surface area (Å²) in [4.78, 5) is 10.9. The van der Waals surface area contributed by atoms with Crippen molar-refractivity contribution in [2.24, 2.45) is 12.8 Å². The zero-order valence-corrected chi connectivity index (χ0v) is 7.16. The van der Waals surface area contributed by atoms with Crippen molar-refractivity contribution in [2.75, 3.05) is 6.54 Å². The first-order valence-corrected chi connectivity index (χ1v) is 3.92. The molecule has 1 aromatic heterocycles. The van der Waals surface area contributed by atoms with Crippen molar-refractivity contribution < 1.29 is 4.79 Å². The minimum absolute atomic E-state index is 0.0937. The lowest BCUT2D eigenvalue weighted by Crippen LogP contribution is -2.14. The first-order chi connectivity index (χ1) is 5.74. The molecule has 1 rings (SSSR count). The predicted molar refractivity (Wildman–Crippen MR) is 45.6 cm³/mol. The van der Waals surface area contributed by atoms with Crippen molar-refractivity contribution in [3.05, 3.63) is 18.0 Å². The van der Waals surface area contributed by atoms with E-state index in [-0.39, 0.29) is 12.3 Å².